The summed E-state index contributed by atoms with van der Waals surface area (Å²) in [5.41, 5.74) is 0. The monoisotopic (exact) mass is 314 g/mol. The van der Waals surface area contributed by atoms with Gasteiger partial charge in [0.15, 0.2) is 0 Å². The van der Waals surface area contributed by atoms with Gasteiger partial charge in [-0.2, -0.15) is 0 Å². The van der Waals surface area contributed by atoms with Crippen molar-refractivity contribution in [2.45, 2.75) is 70.5 Å². The second kappa shape index (κ2) is 6.50. The average molecular weight is 314 g/mol. The van der Waals surface area contributed by atoms with Crippen LogP contribution in [0, 0.1) is 12.8 Å². The van der Waals surface area contributed by atoms with E-state index in [9.17, 15) is 8.42 Å². The molecule has 1 heterocycles. The fraction of sp³-hybridized carbons (Fsp3) is 0.733. The molecule has 2 N–H and O–H groups in total. The molecule has 0 radical (unpaired) electrons. The van der Waals surface area contributed by atoms with E-state index < -0.39 is 10.0 Å². The zero-order chi connectivity index (χ0) is 15.6. The molecule has 1 aromatic heterocycles. The number of hydrogen-bond acceptors (Lipinski definition) is 4. The van der Waals surface area contributed by atoms with E-state index in [-0.39, 0.29) is 16.9 Å². The first-order valence-electron chi connectivity index (χ1n) is 7.68. The Labute approximate surface area is 127 Å². The highest BCUT2D eigenvalue weighted by atomic mass is 32.2. The molecule has 120 valence electrons. The van der Waals surface area contributed by atoms with Gasteiger partial charge in [-0.1, -0.05) is 20.8 Å². The first-order chi connectivity index (χ1) is 9.83. The number of sulfonamides is 1. The Balaban J connectivity index is 2.10. The van der Waals surface area contributed by atoms with Gasteiger partial charge in [-0.3, -0.25) is 0 Å². The SMILES string of the molecule is CCC(NS(=O)(=O)c1cc(CNC2CC2)oc1C)C(C)C. The van der Waals surface area contributed by atoms with Crippen molar-refractivity contribution in [3.05, 3.63) is 17.6 Å². The van der Waals surface area contributed by atoms with Crippen LogP contribution in [0.4, 0.5) is 0 Å². The molecule has 1 aromatic rings. The molecule has 21 heavy (non-hydrogen) atoms. The lowest BCUT2D eigenvalue weighted by Crippen LogP contribution is -2.38. The van der Waals surface area contributed by atoms with Crippen molar-refractivity contribution in [2.75, 3.05) is 0 Å². The van der Waals surface area contributed by atoms with E-state index in [1.165, 1.54) is 12.8 Å². The van der Waals surface area contributed by atoms with Crippen LogP contribution in [0.25, 0.3) is 0 Å². The van der Waals surface area contributed by atoms with Crippen LogP contribution < -0.4 is 10.0 Å². The third-order valence-corrected chi connectivity index (χ3v) is 5.50. The van der Waals surface area contributed by atoms with Gasteiger partial charge in [-0.25, -0.2) is 13.1 Å². The zero-order valence-electron chi connectivity index (χ0n) is 13.3. The molecule has 0 saturated heterocycles. The molecule has 1 unspecified atom stereocenters. The lowest BCUT2D eigenvalue weighted by Gasteiger charge is -2.20. The van der Waals surface area contributed by atoms with Crippen molar-refractivity contribution < 1.29 is 12.8 Å². The molecule has 0 amide bonds. The molecule has 1 aliphatic carbocycles. The Morgan fingerprint density at radius 1 is 1.38 bits per heavy atom. The van der Waals surface area contributed by atoms with Crippen molar-refractivity contribution in [1.29, 1.82) is 0 Å². The highest BCUT2D eigenvalue weighted by Crippen LogP contribution is 2.23. The highest BCUT2D eigenvalue weighted by molar-refractivity contribution is 7.89. The minimum Gasteiger partial charge on any atom is -0.464 e. The molecule has 1 atom stereocenters. The van der Waals surface area contributed by atoms with E-state index in [1.54, 1.807) is 13.0 Å². The number of hydrogen-bond donors (Lipinski definition) is 2. The van der Waals surface area contributed by atoms with Gasteiger partial charge in [-0.15, -0.1) is 0 Å². The smallest absolute Gasteiger partial charge is 0.244 e. The van der Waals surface area contributed by atoms with Gasteiger partial charge < -0.3 is 9.73 Å². The minimum atomic E-state index is -3.52. The molecule has 0 spiro atoms. The summed E-state index contributed by atoms with van der Waals surface area (Å²) in [5.74, 6) is 1.39. The summed E-state index contributed by atoms with van der Waals surface area (Å²) in [4.78, 5) is 0.259. The van der Waals surface area contributed by atoms with Crippen LogP contribution in [-0.4, -0.2) is 20.5 Å². The Morgan fingerprint density at radius 3 is 2.57 bits per heavy atom. The van der Waals surface area contributed by atoms with Gasteiger partial charge in [0.25, 0.3) is 0 Å². The van der Waals surface area contributed by atoms with Gasteiger partial charge in [0.2, 0.25) is 10.0 Å². The highest BCUT2D eigenvalue weighted by Gasteiger charge is 2.26. The Kier molecular flexibility index (Phi) is 5.11. The normalized spacial score (nSPS) is 17.4. The number of rotatable bonds is 8. The number of nitrogens with one attached hydrogen (secondary N) is 2. The van der Waals surface area contributed by atoms with Gasteiger partial charge in [0.1, 0.15) is 16.4 Å². The molecule has 1 fully saturated rings. The van der Waals surface area contributed by atoms with E-state index >= 15 is 0 Å². The molecule has 6 heteroatoms. The average Bonchev–Trinajstić information content (AvgIpc) is 3.15. The Morgan fingerprint density at radius 2 is 2.05 bits per heavy atom. The van der Waals surface area contributed by atoms with Gasteiger partial charge in [0.05, 0.1) is 6.54 Å². The van der Waals surface area contributed by atoms with E-state index in [2.05, 4.69) is 10.0 Å². The van der Waals surface area contributed by atoms with Crippen molar-refractivity contribution in [2.24, 2.45) is 5.92 Å². The molecule has 1 saturated carbocycles. The molecule has 1 aliphatic rings. The van der Waals surface area contributed by atoms with Gasteiger partial charge in [-0.05, 0) is 32.1 Å². The summed E-state index contributed by atoms with van der Waals surface area (Å²) in [5, 5.41) is 3.33. The van der Waals surface area contributed by atoms with Crippen molar-refractivity contribution in [3.63, 3.8) is 0 Å². The fourth-order valence-electron chi connectivity index (χ4n) is 2.36. The lowest BCUT2D eigenvalue weighted by atomic mass is 10.0. The summed E-state index contributed by atoms with van der Waals surface area (Å²) in [7, 11) is -3.52. The minimum absolute atomic E-state index is 0.0580. The summed E-state index contributed by atoms with van der Waals surface area (Å²) >= 11 is 0. The molecule has 0 bridgehead atoms. The van der Waals surface area contributed by atoms with Crippen LogP contribution in [0.3, 0.4) is 0 Å². The van der Waals surface area contributed by atoms with Crippen LogP contribution in [0.5, 0.6) is 0 Å². The zero-order valence-corrected chi connectivity index (χ0v) is 14.1. The Bertz CT molecular complexity index is 574. The largest absolute Gasteiger partial charge is 0.464 e. The maximum Gasteiger partial charge on any atom is 0.244 e. The maximum absolute atomic E-state index is 12.5. The maximum atomic E-state index is 12.5. The van der Waals surface area contributed by atoms with Crippen LogP contribution in [0.15, 0.2) is 15.4 Å². The van der Waals surface area contributed by atoms with Gasteiger partial charge in [0, 0.05) is 18.2 Å². The molecule has 5 nitrogen and oxygen atoms in total. The van der Waals surface area contributed by atoms with Crippen LogP contribution >= 0.6 is 0 Å². The van der Waals surface area contributed by atoms with Crippen LogP contribution in [0.2, 0.25) is 0 Å². The molecular weight excluding hydrogens is 288 g/mol. The van der Waals surface area contributed by atoms with E-state index in [0.29, 0.717) is 24.1 Å². The summed E-state index contributed by atoms with van der Waals surface area (Å²) in [6.07, 6.45) is 3.15. The molecule has 2 rings (SSSR count). The first kappa shape index (κ1) is 16.5. The predicted molar refractivity (Wildman–Crippen MR) is 82.5 cm³/mol. The summed E-state index contributed by atoms with van der Waals surface area (Å²) in [6.45, 7) is 8.31. The molecule has 0 aromatic carbocycles. The van der Waals surface area contributed by atoms with E-state index in [4.69, 9.17) is 4.42 Å². The van der Waals surface area contributed by atoms with Crippen molar-refractivity contribution >= 4 is 10.0 Å². The van der Waals surface area contributed by atoms with Crippen LogP contribution in [-0.2, 0) is 16.6 Å². The van der Waals surface area contributed by atoms with E-state index in [1.807, 2.05) is 20.8 Å². The quantitative estimate of drug-likeness (QED) is 0.773. The topological polar surface area (TPSA) is 71.3 Å². The number of furan rings is 1. The van der Waals surface area contributed by atoms with Gasteiger partial charge >= 0.3 is 0 Å². The van der Waals surface area contributed by atoms with Crippen molar-refractivity contribution in [1.82, 2.24) is 10.0 Å². The second-order valence-electron chi connectivity index (χ2n) is 6.17. The standard InChI is InChI=1S/C15H26N2O3S/c1-5-14(10(2)3)17-21(18,19)15-8-13(20-11(15)4)9-16-12-6-7-12/h8,10,12,14,16-17H,5-7,9H2,1-4H3. The third-order valence-electron chi connectivity index (χ3n) is 3.91. The van der Waals surface area contributed by atoms with E-state index in [0.717, 1.165) is 6.42 Å². The van der Waals surface area contributed by atoms with Crippen molar-refractivity contribution in [3.8, 4) is 0 Å². The molecular formula is C15H26N2O3S. The Hall–Kier alpha value is -0.850. The fourth-order valence-corrected chi connectivity index (χ4v) is 4.04. The molecule has 0 aliphatic heterocycles. The lowest BCUT2D eigenvalue weighted by molar-refractivity contribution is 0.434. The number of aryl methyl sites for hydroxylation is 1. The summed E-state index contributed by atoms with van der Waals surface area (Å²) < 4.78 is 33.4. The third kappa shape index (κ3) is 4.31. The van der Waals surface area contributed by atoms with Crippen LogP contribution in [0.1, 0.15) is 51.6 Å². The summed E-state index contributed by atoms with van der Waals surface area (Å²) in [6, 6.07) is 2.15. The second-order valence-corrected chi connectivity index (χ2v) is 7.85. The first-order valence-corrected chi connectivity index (χ1v) is 9.16. The predicted octanol–water partition coefficient (Wildman–Crippen LogP) is 2.55.